The van der Waals surface area contributed by atoms with Gasteiger partial charge in [0.1, 0.15) is 29.7 Å². The van der Waals surface area contributed by atoms with Crippen molar-refractivity contribution in [2.75, 3.05) is 24.9 Å². The Morgan fingerprint density at radius 3 is 2.76 bits per heavy atom. The summed E-state index contributed by atoms with van der Waals surface area (Å²) in [6.45, 7) is 1.82. The molecular formula is C20H20N6O3. The van der Waals surface area contributed by atoms with Crippen LogP contribution in [0.25, 0.3) is 0 Å². The minimum atomic E-state index is -0.567. The van der Waals surface area contributed by atoms with Crippen LogP contribution in [0.5, 0.6) is 11.5 Å². The van der Waals surface area contributed by atoms with Crippen LogP contribution in [0.4, 0.5) is 11.8 Å². The van der Waals surface area contributed by atoms with Gasteiger partial charge in [-0.2, -0.15) is 10.1 Å². The third kappa shape index (κ3) is 3.38. The van der Waals surface area contributed by atoms with Gasteiger partial charge in [-0.05, 0) is 37.3 Å². The van der Waals surface area contributed by atoms with E-state index < -0.39 is 6.04 Å². The van der Waals surface area contributed by atoms with Crippen molar-refractivity contribution in [2.24, 2.45) is 0 Å². The highest BCUT2D eigenvalue weighted by Gasteiger charge is 2.35. The fourth-order valence-corrected chi connectivity index (χ4v) is 3.35. The van der Waals surface area contributed by atoms with Crippen molar-refractivity contribution in [1.82, 2.24) is 19.7 Å². The number of ether oxygens (including phenoxy) is 2. The van der Waals surface area contributed by atoms with Crippen molar-refractivity contribution < 1.29 is 14.3 Å². The Labute approximate surface area is 167 Å². The maximum absolute atomic E-state index is 13.3. The molecule has 9 heteroatoms. The van der Waals surface area contributed by atoms with E-state index in [-0.39, 0.29) is 5.91 Å². The first-order valence-electron chi connectivity index (χ1n) is 8.94. The summed E-state index contributed by atoms with van der Waals surface area (Å²) in [6, 6.07) is 10.2. The molecule has 1 aliphatic rings. The summed E-state index contributed by atoms with van der Waals surface area (Å²) in [6.07, 6.45) is 3.06. The number of allylic oxidation sites excluding steroid dienone is 1. The number of benzene rings is 1. The summed E-state index contributed by atoms with van der Waals surface area (Å²) in [5.74, 6) is 1.94. The van der Waals surface area contributed by atoms with E-state index in [0.717, 1.165) is 5.56 Å². The highest BCUT2D eigenvalue weighted by molar-refractivity contribution is 6.05. The number of hydrogen-bond donors (Lipinski definition) is 2. The Kier molecular flexibility index (Phi) is 4.86. The average molecular weight is 392 g/mol. The van der Waals surface area contributed by atoms with Crippen LogP contribution in [0, 0.1) is 0 Å². The Balaban J connectivity index is 1.84. The van der Waals surface area contributed by atoms with E-state index in [1.54, 1.807) is 55.4 Å². The number of fused-ring (bicyclic) bond motifs is 1. The number of aromatic nitrogens is 4. The molecule has 1 amide bonds. The third-order valence-corrected chi connectivity index (χ3v) is 4.68. The number of hydrogen-bond acceptors (Lipinski definition) is 7. The number of amides is 1. The minimum absolute atomic E-state index is 0.301. The molecule has 1 unspecified atom stereocenters. The summed E-state index contributed by atoms with van der Waals surface area (Å²) in [7, 11) is 3.17. The monoisotopic (exact) mass is 392 g/mol. The molecule has 148 valence electrons. The molecule has 3 heterocycles. The molecule has 0 bridgehead atoms. The van der Waals surface area contributed by atoms with Gasteiger partial charge in [-0.3, -0.25) is 4.79 Å². The summed E-state index contributed by atoms with van der Waals surface area (Å²) in [5, 5.41) is 10.3. The van der Waals surface area contributed by atoms with Gasteiger partial charge < -0.3 is 20.1 Å². The zero-order valence-electron chi connectivity index (χ0n) is 16.2. The molecule has 9 nitrogen and oxygen atoms in total. The Hall–Kier alpha value is -3.88. The van der Waals surface area contributed by atoms with Crippen LogP contribution < -0.4 is 20.1 Å². The van der Waals surface area contributed by atoms with Crippen molar-refractivity contribution in [1.29, 1.82) is 0 Å². The topological polar surface area (TPSA) is 103 Å². The third-order valence-electron chi connectivity index (χ3n) is 4.68. The van der Waals surface area contributed by atoms with Crippen molar-refractivity contribution in [3.8, 4) is 11.5 Å². The summed E-state index contributed by atoms with van der Waals surface area (Å²) in [5.41, 5.74) is 1.86. The molecule has 0 saturated carbocycles. The number of nitrogens with zero attached hydrogens (tertiary/aromatic N) is 4. The van der Waals surface area contributed by atoms with Crippen molar-refractivity contribution in [2.45, 2.75) is 13.0 Å². The van der Waals surface area contributed by atoms with Gasteiger partial charge >= 0.3 is 0 Å². The van der Waals surface area contributed by atoms with E-state index in [0.29, 0.717) is 34.5 Å². The van der Waals surface area contributed by atoms with Crippen LogP contribution >= 0.6 is 0 Å². The molecule has 0 saturated heterocycles. The molecule has 3 aromatic rings. The predicted molar refractivity (Wildman–Crippen MR) is 107 cm³/mol. The van der Waals surface area contributed by atoms with E-state index in [4.69, 9.17) is 9.47 Å². The van der Waals surface area contributed by atoms with Gasteiger partial charge in [0.05, 0.1) is 19.8 Å². The van der Waals surface area contributed by atoms with Gasteiger partial charge in [0, 0.05) is 17.5 Å². The van der Waals surface area contributed by atoms with Gasteiger partial charge in [-0.25, -0.2) is 9.67 Å². The number of methoxy groups -OCH3 is 2. The lowest BCUT2D eigenvalue weighted by Gasteiger charge is -2.29. The lowest BCUT2D eigenvalue weighted by Crippen LogP contribution is -2.32. The molecule has 2 N–H and O–H groups in total. The lowest BCUT2D eigenvalue weighted by molar-refractivity contribution is -0.113. The molecular weight excluding hydrogens is 372 g/mol. The fourth-order valence-electron chi connectivity index (χ4n) is 3.35. The number of pyridine rings is 1. The normalized spacial score (nSPS) is 15.3. The maximum atomic E-state index is 13.3. The van der Waals surface area contributed by atoms with E-state index >= 15 is 0 Å². The number of anilines is 2. The van der Waals surface area contributed by atoms with Crippen molar-refractivity contribution in [3.05, 3.63) is 65.8 Å². The molecule has 0 radical (unpaired) electrons. The summed E-state index contributed by atoms with van der Waals surface area (Å²) >= 11 is 0. The molecule has 1 atom stereocenters. The molecule has 1 aliphatic heterocycles. The smallest absolute Gasteiger partial charge is 0.257 e. The zero-order valence-corrected chi connectivity index (χ0v) is 16.2. The Morgan fingerprint density at radius 1 is 1.17 bits per heavy atom. The zero-order chi connectivity index (χ0) is 20.4. The summed E-state index contributed by atoms with van der Waals surface area (Å²) < 4.78 is 12.6. The van der Waals surface area contributed by atoms with E-state index in [2.05, 4.69) is 25.7 Å². The molecule has 0 spiro atoms. The number of rotatable bonds is 5. The fraction of sp³-hybridized carbons (Fsp3) is 0.200. The van der Waals surface area contributed by atoms with E-state index in [9.17, 15) is 4.79 Å². The maximum Gasteiger partial charge on any atom is 0.257 e. The minimum Gasteiger partial charge on any atom is -0.497 e. The molecule has 29 heavy (non-hydrogen) atoms. The SMILES string of the molecule is COc1ccc(OC)c(C2C(C(=O)Nc3ccccn3)=C(C)Nc3ncnn32)c1. The quantitative estimate of drug-likeness (QED) is 0.688. The predicted octanol–water partition coefficient (Wildman–Crippen LogP) is 2.62. The number of carbonyl (C=O) groups is 1. The molecule has 2 aromatic heterocycles. The Bertz CT molecular complexity index is 1080. The summed E-state index contributed by atoms with van der Waals surface area (Å²) in [4.78, 5) is 21.7. The second-order valence-electron chi connectivity index (χ2n) is 6.37. The van der Waals surface area contributed by atoms with E-state index in [1.807, 2.05) is 13.0 Å². The van der Waals surface area contributed by atoms with Gasteiger partial charge in [0.15, 0.2) is 0 Å². The largest absolute Gasteiger partial charge is 0.497 e. The van der Waals surface area contributed by atoms with Gasteiger partial charge in [0.25, 0.3) is 5.91 Å². The van der Waals surface area contributed by atoms with Crippen LogP contribution in [0.15, 0.2) is 60.2 Å². The second-order valence-corrected chi connectivity index (χ2v) is 6.37. The highest BCUT2D eigenvalue weighted by atomic mass is 16.5. The van der Waals surface area contributed by atoms with Gasteiger partial charge in [-0.1, -0.05) is 6.07 Å². The molecule has 0 aliphatic carbocycles. The van der Waals surface area contributed by atoms with Crippen molar-refractivity contribution in [3.63, 3.8) is 0 Å². The average Bonchev–Trinajstić information content (AvgIpc) is 3.20. The molecule has 4 rings (SSSR count). The van der Waals surface area contributed by atoms with Crippen LogP contribution in [0.3, 0.4) is 0 Å². The number of nitrogens with one attached hydrogen (secondary N) is 2. The van der Waals surface area contributed by atoms with Crippen LogP contribution in [-0.2, 0) is 4.79 Å². The standard InChI is InChI=1S/C20H20N6O3/c1-12-17(19(27)25-16-6-4-5-9-21-16)18(26-20(24-12)22-11-23-26)14-10-13(28-2)7-8-15(14)29-3/h4-11,18H,1-3H3,(H,21,25,27)(H,22,23,24). The molecule has 0 fully saturated rings. The highest BCUT2D eigenvalue weighted by Crippen LogP contribution is 2.40. The van der Waals surface area contributed by atoms with Crippen molar-refractivity contribution >= 4 is 17.7 Å². The number of carbonyl (C=O) groups excluding carboxylic acids is 1. The lowest BCUT2D eigenvalue weighted by atomic mass is 9.94. The first-order chi connectivity index (χ1) is 14.1. The second kappa shape index (κ2) is 7.63. The Morgan fingerprint density at radius 2 is 2.03 bits per heavy atom. The molecule has 1 aromatic carbocycles. The van der Waals surface area contributed by atoms with E-state index in [1.165, 1.54) is 6.33 Å². The first-order valence-corrected chi connectivity index (χ1v) is 8.94. The van der Waals surface area contributed by atoms with Crippen LogP contribution in [-0.4, -0.2) is 39.9 Å². The van der Waals surface area contributed by atoms with Crippen LogP contribution in [0.2, 0.25) is 0 Å². The van der Waals surface area contributed by atoms with Gasteiger partial charge in [0.2, 0.25) is 5.95 Å². The first kappa shape index (κ1) is 18.5. The van der Waals surface area contributed by atoms with Crippen LogP contribution in [0.1, 0.15) is 18.5 Å². The van der Waals surface area contributed by atoms with Gasteiger partial charge in [-0.15, -0.1) is 0 Å².